The van der Waals surface area contributed by atoms with E-state index >= 15 is 0 Å². The van der Waals surface area contributed by atoms with Gasteiger partial charge in [0.1, 0.15) is 5.78 Å². The van der Waals surface area contributed by atoms with Crippen molar-refractivity contribution >= 4 is 5.78 Å². The number of ether oxygens (including phenoxy) is 1. The number of aliphatic hydroxyl groups is 3. The van der Waals surface area contributed by atoms with Crippen LogP contribution >= 0.6 is 0 Å². The smallest absolute Gasteiger partial charge is 0.140 e. The third kappa shape index (κ3) is 3.36. The van der Waals surface area contributed by atoms with Crippen molar-refractivity contribution in [3.8, 4) is 0 Å². The summed E-state index contributed by atoms with van der Waals surface area (Å²) in [5.74, 6) is 0.571. The molecule has 3 saturated carbocycles. The Morgan fingerprint density at radius 1 is 1.06 bits per heavy atom. The molecule has 4 fully saturated rings. The number of aliphatic hydroxyl groups excluding tert-OH is 1. The van der Waals surface area contributed by atoms with Crippen molar-refractivity contribution in [1.82, 2.24) is 0 Å². The fourth-order valence-corrected chi connectivity index (χ4v) is 10.2. The van der Waals surface area contributed by atoms with E-state index in [-0.39, 0.29) is 52.3 Å². The summed E-state index contributed by atoms with van der Waals surface area (Å²) in [5, 5.41) is 33.1. The van der Waals surface area contributed by atoms with Gasteiger partial charge >= 0.3 is 0 Å². The van der Waals surface area contributed by atoms with Crippen molar-refractivity contribution in [2.45, 2.75) is 130 Å². The van der Waals surface area contributed by atoms with E-state index in [4.69, 9.17) is 4.74 Å². The van der Waals surface area contributed by atoms with Crippen molar-refractivity contribution < 1.29 is 24.9 Å². The molecule has 1 saturated heterocycles. The Bertz CT molecular complexity index is 943. The predicted octanol–water partition coefficient (Wildman–Crippen LogP) is 4.81. The maximum Gasteiger partial charge on any atom is 0.140 e. The molecule has 0 unspecified atom stereocenters. The molecular weight excluding hydrogens is 440 g/mol. The van der Waals surface area contributed by atoms with Gasteiger partial charge in [0.25, 0.3) is 0 Å². The highest BCUT2D eigenvalue weighted by Crippen LogP contribution is 2.75. The van der Waals surface area contributed by atoms with Gasteiger partial charge in [0.15, 0.2) is 0 Å². The largest absolute Gasteiger partial charge is 0.392 e. The fourth-order valence-electron chi connectivity index (χ4n) is 10.2. The molecule has 3 N–H and O–H groups in total. The highest BCUT2D eigenvalue weighted by molar-refractivity contribution is 5.88. The van der Waals surface area contributed by atoms with E-state index in [2.05, 4.69) is 40.7 Å². The van der Waals surface area contributed by atoms with Crippen LogP contribution in [-0.4, -0.2) is 50.6 Å². The minimum atomic E-state index is -0.952. The van der Waals surface area contributed by atoms with E-state index in [1.165, 1.54) is 5.57 Å². The standard InChI is InChI=1S/C30H48O5/c1-25(2,33)13-17-14-29(7,34)24-20(35-17)15-27(5)21-11-9-18-19(10-12-22(31)26(18,3)4)30(21,8)23(32)16-28(24,27)6/h9,17,19-22,24,31,33-34H,10-16H2,1-8H3/t17-,19+,20+,21-,22-,24-,27-,28+,29-,30-/m0/s1. The van der Waals surface area contributed by atoms with Gasteiger partial charge in [-0.3, -0.25) is 4.79 Å². The molecule has 5 heteroatoms. The normalized spacial score (nSPS) is 53.2. The lowest BCUT2D eigenvalue weighted by atomic mass is 9.38. The molecule has 5 aliphatic rings. The van der Waals surface area contributed by atoms with Crippen LogP contribution in [0.15, 0.2) is 11.6 Å². The first-order valence-electron chi connectivity index (χ1n) is 13.9. The molecule has 198 valence electrons. The van der Waals surface area contributed by atoms with Crippen LogP contribution in [0.4, 0.5) is 0 Å². The first-order valence-corrected chi connectivity index (χ1v) is 13.9. The summed E-state index contributed by atoms with van der Waals surface area (Å²) in [6.45, 7) is 16.6. The zero-order chi connectivity index (χ0) is 26.0. The van der Waals surface area contributed by atoms with Crippen LogP contribution in [0.3, 0.4) is 0 Å². The molecule has 5 nitrogen and oxygen atoms in total. The highest BCUT2D eigenvalue weighted by Gasteiger charge is 2.75. The molecule has 4 aliphatic carbocycles. The minimum absolute atomic E-state index is 0.110. The second kappa shape index (κ2) is 7.42. The lowest BCUT2D eigenvalue weighted by molar-refractivity contribution is -0.212. The number of Topliss-reactive ketones (excluding diaryl/α,β-unsaturated/α-hetero) is 1. The average Bonchev–Trinajstić information content (AvgIpc) is 2.90. The Balaban J connectivity index is 1.56. The summed E-state index contributed by atoms with van der Waals surface area (Å²) in [5.41, 5.74) is -1.80. The highest BCUT2D eigenvalue weighted by atomic mass is 16.5. The predicted molar refractivity (Wildman–Crippen MR) is 136 cm³/mol. The van der Waals surface area contributed by atoms with Crippen LogP contribution < -0.4 is 0 Å². The second-order valence-electron chi connectivity index (χ2n) is 15.1. The maximum atomic E-state index is 14.3. The van der Waals surface area contributed by atoms with Gasteiger partial charge in [-0.25, -0.2) is 0 Å². The maximum absolute atomic E-state index is 14.3. The average molecular weight is 489 g/mol. The molecule has 0 aromatic carbocycles. The Morgan fingerprint density at radius 3 is 2.34 bits per heavy atom. The molecule has 1 aliphatic heterocycles. The zero-order valence-corrected chi connectivity index (χ0v) is 23.1. The first-order chi connectivity index (χ1) is 15.9. The molecule has 0 aromatic rings. The molecule has 1 heterocycles. The summed E-state index contributed by atoms with van der Waals surface area (Å²) < 4.78 is 6.67. The van der Waals surface area contributed by atoms with Crippen molar-refractivity contribution in [2.75, 3.05) is 0 Å². The minimum Gasteiger partial charge on any atom is -0.392 e. The van der Waals surface area contributed by atoms with Gasteiger partial charge in [0.2, 0.25) is 0 Å². The number of ketones is 1. The number of rotatable bonds is 2. The van der Waals surface area contributed by atoms with Gasteiger partial charge in [0.05, 0.1) is 29.5 Å². The number of carbonyl (C=O) groups is 1. The Labute approximate surface area is 211 Å². The lowest BCUT2D eigenvalue weighted by Gasteiger charge is -2.65. The van der Waals surface area contributed by atoms with Crippen LogP contribution in [0.1, 0.15) is 100 Å². The van der Waals surface area contributed by atoms with Gasteiger partial charge < -0.3 is 20.1 Å². The second-order valence-corrected chi connectivity index (χ2v) is 15.1. The fraction of sp³-hybridized carbons (Fsp3) is 0.900. The van der Waals surface area contributed by atoms with Crippen LogP contribution in [0.25, 0.3) is 0 Å². The SMILES string of the molecule is CC(C)(O)C[C@H]1C[C@](C)(O)[C@H]2[C@@H](C[C@@]3(C)[C@@H]4CC=C5[C@@H](CC[C@H](O)C5(C)C)[C@]4(C)C(=O)C[C@]23C)O1. The topological polar surface area (TPSA) is 87.0 Å². The number of hydrogen-bond donors (Lipinski definition) is 3. The monoisotopic (exact) mass is 488 g/mol. The molecule has 0 bridgehead atoms. The molecule has 0 spiro atoms. The van der Waals surface area contributed by atoms with Crippen molar-refractivity contribution in [3.63, 3.8) is 0 Å². The number of hydrogen-bond acceptors (Lipinski definition) is 5. The summed E-state index contributed by atoms with van der Waals surface area (Å²) in [4.78, 5) is 14.3. The Kier molecular flexibility index (Phi) is 5.49. The van der Waals surface area contributed by atoms with E-state index in [9.17, 15) is 20.1 Å². The van der Waals surface area contributed by atoms with E-state index in [0.29, 0.717) is 25.0 Å². The quantitative estimate of drug-likeness (QED) is 0.486. The first kappa shape index (κ1) is 25.9. The molecule has 0 aromatic heterocycles. The van der Waals surface area contributed by atoms with Crippen molar-refractivity contribution in [1.29, 1.82) is 0 Å². The van der Waals surface area contributed by atoms with Gasteiger partial charge in [-0.15, -0.1) is 0 Å². The lowest BCUT2D eigenvalue weighted by Crippen LogP contribution is -2.64. The molecule has 35 heavy (non-hydrogen) atoms. The van der Waals surface area contributed by atoms with Crippen LogP contribution in [0, 0.1) is 39.4 Å². The number of carbonyl (C=O) groups excluding carboxylic acids is 1. The van der Waals surface area contributed by atoms with Gasteiger partial charge in [-0.1, -0.05) is 46.3 Å². The van der Waals surface area contributed by atoms with E-state index < -0.39 is 16.6 Å². The van der Waals surface area contributed by atoms with Crippen molar-refractivity contribution in [3.05, 3.63) is 11.6 Å². The summed E-state index contributed by atoms with van der Waals surface area (Å²) in [6, 6.07) is 0. The summed E-state index contributed by atoms with van der Waals surface area (Å²) in [7, 11) is 0. The van der Waals surface area contributed by atoms with Crippen LogP contribution in [-0.2, 0) is 9.53 Å². The van der Waals surface area contributed by atoms with Crippen LogP contribution in [0.2, 0.25) is 0 Å². The van der Waals surface area contributed by atoms with Gasteiger partial charge in [-0.05, 0) is 69.1 Å². The van der Waals surface area contributed by atoms with Crippen molar-refractivity contribution in [2.24, 2.45) is 39.4 Å². The molecule has 0 amide bonds. The third-order valence-electron chi connectivity index (χ3n) is 12.0. The third-order valence-corrected chi connectivity index (χ3v) is 12.0. The van der Waals surface area contributed by atoms with Gasteiger partial charge in [0, 0.05) is 36.0 Å². The summed E-state index contributed by atoms with van der Waals surface area (Å²) in [6.07, 6.45) is 6.40. The Hall–Kier alpha value is -0.750. The molecule has 10 atom stereocenters. The molecule has 5 rings (SSSR count). The number of fused-ring (bicyclic) bond motifs is 7. The van der Waals surface area contributed by atoms with E-state index in [1.54, 1.807) is 13.8 Å². The van der Waals surface area contributed by atoms with Gasteiger partial charge in [-0.2, -0.15) is 0 Å². The zero-order valence-electron chi connectivity index (χ0n) is 23.1. The number of allylic oxidation sites excluding steroid dienone is 1. The summed E-state index contributed by atoms with van der Waals surface area (Å²) >= 11 is 0. The van der Waals surface area contributed by atoms with Crippen LogP contribution in [0.5, 0.6) is 0 Å². The molecular formula is C30H48O5. The van der Waals surface area contributed by atoms with E-state index in [0.717, 1.165) is 25.7 Å². The van der Waals surface area contributed by atoms with E-state index in [1.807, 2.05) is 6.92 Å². The molecule has 0 radical (unpaired) electrons. The Morgan fingerprint density at radius 2 is 1.71 bits per heavy atom.